The van der Waals surface area contributed by atoms with Crippen LogP contribution in [0.15, 0.2) is 48.5 Å². The van der Waals surface area contributed by atoms with Crippen LogP contribution in [0.25, 0.3) is 11.1 Å². The number of nitrogens with zero attached hydrogens (tertiary/aromatic N) is 1. The van der Waals surface area contributed by atoms with Crippen molar-refractivity contribution >= 4 is 6.16 Å². The zero-order chi connectivity index (χ0) is 17.9. The minimum Gasteiger partial charge on any atom is -0.434 e. The van der Waals surface area contributed by atoms with Crippen LogP contribution >= 0.6 is 0 Å². The topological polar surface area (TPSA) is 59.3 Å². The minimum atomic E-state index is -0.665. The maximum Gasteiger partial charge on any atom is 0.513 e. The predicted octanol–water partition coefficient (Wildman–Crippen LogP) is 5.71. The monoisotopic (exact) mass is 337 g/mol. The van der Waals surface area contributed by atoms with Gasteiger partial charge in [0.05, 0.1) is 18.2 Å². The Morgan fingerprint density at radius 2 is 1.52 bits per heavy atom. The van der Waals surface area contributed by atoms with E-state index >= 15 is 0 Å². The molecule has 2 rings (SSSR count). The number of carbonyl (C=O) groups excluding carboxylic acids is 1. The first-order chi connectivity index (χ1) is 12.2. The number of nitriles is 1. The third-order valence-electron chi connectivity index (χ3n) is 3.87. The molecule has 0 heterocycles. The van der Waals surface area contributed by atoms with Gasteiger partial charge >= 0.3 is 6.16 Å². The third-order valence-corrected chi connectivity index (χ3v) is 3.87. The fourth-order valence-electron chi connectivity index (χ4n) is 2.44. The highest BCUT2D eigenvalue weighted by Gasteiger charge is 2.06. The number of ether oxygens (including phenoxy) is 2. The van der Waals surface area contributed by atoms with E-state index < -0.39 is 6.16 Å². The summed E-state index contributed by atoms with van der Waals surface area (Å²) >= 11 is 0. The fraction of sp³-hybridized carbons (Fsp3) is 0.333. The zero-order valence-electron chi connectivity index (χ0n) is 14.5. The van der Waals surface area contributed by atoms with Crippen LogP contribution in [0.5, 0.6) is 5.75 Å². The Labute approximate surface area is 149 Å². The lowest BCUT2D eigenvalue weighted by Crippen LogP contribution is -2.11. The summed E-state index contributed by atoms with van der Waals surface area (Å²) in [4.78, 5) is 11.7. The molecule has 0 aliphatic carbocycles. The van der Waals surface area contributed by atoms with Crippen molar-refractivity contribution in [3.8, 4) is 22.9 Å². The molecule has 0 N–H and O–H groups in total. The van der Waals surface area contributed by atoms with Gasteiger partial charge in [-0.05, 0) is 41.8 Å². The lowest BCUT2D eigenvalue weighted by atomic mass is 10.0. The molecule has 0 atom stereocenters. The first-order valence-corrected chi connectivity index (χ1v) is 8.68. The number of benzene rings is 2. The second-order valence-electron chi connectivity index (χ2n) is 5.83. The van der Waals surface area contributed by atoms with Crippen molar-refractivity contribution in [2.24, 2.45) is 0 Å². The SMILES string of the molecule is CCCCCCCOC(=O)Oc1ccc(-c2ccc(C#N)cc2)cc1. The molecular formula is C21H23NO3. The van der Waals surface area contributed by atoms with Gasteiger partial charge in [-0.15, -0.1) is 0 Å². The number of unbranched alkanes of at least 4 members (excludes halogenated alkanes) is 4. The molecule has 0 aromatic heterocycles. The Morgan fingerprint density at radius 1 is 0.920 bits per heavy atom. The van der Waals surface area contributed by atoms with Gasteiger partial charge in [0.25, 0.3) is 0 Å². The van der Waals surface area contributed by atoms with Crippen LogP contribution in [0, 0.1) is 11.3 Å². The molecule has 0 aliphatic rings. The number of carbonyl (C=O) groups is 1. The Bertz CT molecular complexity index is 699. The second kappa shape index (κ2) is 10.1. The van der Waals surface area contributed by atoms with E-state index in [0.29, 0.717) is 17.9 Å². The van der Waals surface area contributed by atoms with Crippen molar-refractivity contribution in [1.29, 1.82) is 5.26 Å². The van der Waals surface area contributed by atoms with Crippen LogP contribution in [-0.2, 0) is 4.74 Å². The van der Waals surface area contributed by atoms with E-state index in [1.54, 1.807) is 24.3 Å². The normalized spacial score (nSPS) is 10.1. The molecular weight excluding hydrogens is 314 g/mol. The van der Waals surface area contributed by atoms with Crippen molar-refractivity contribution < 1.29 is 14.3 Å². The average Bonchev–Trinajstić information content (AvgIpc) is 2.65. The largest absolute Gasteiger partial charge is 0.513 e. The summed E-state index contributed by atoms with van der Waals surface area (Å²) in [7, 11) is 0. The summed E-state index contributed by atoms with van der Waals surface area (Å²) in [6, 6.07) is 16.6. The smallest absolute Gasteiger partial charge is 0.434 e. The summed E-state index contributed by atoms with van der Waals surface area (Å²) < 4.78 is 10.2. The molecule has 0 radical (unpaired) electrons. The van der Waals surface area contributed by atoms with Crippen molar-refractivity contribution in [3.63, 3.8) is 0 Å². The average molecular weight is 337 g/mol. The molecule has 4 heteroatoms. The zero-order valence-corrected chi connectivity index (χ0v) is 14.5. The Balaban J connectivity index is 1.79. The van der Waals surface area contributed by atoms with Gasteiger partial charge < -0.3 is 9.47 Å². The number of rotatable bonds is 8. The quantitative estimate of drug-likeness (QED) is 0.351. The highest BCUT2D eigenvalue weighted by atomic mass is 16.7. The first kappa shape index (κ1) is 18.5. The molecule has 0 fully saturated rings. The second-order valence-corrected chi connectivity index (χ2v) is 5.83. The lowest BCUT2D eigenvalue weighted by molar-refractivity contribution is 0.0973. The van der Waals surface area contributed by atoms with E-state index in [9.17, 15) is 4.79 Å². The van der Waals surface area contributed by atoms with Crippen molar-refractivity contribution in [1.82, 2.24) is 0 Å². The molecule has 25 heavy (non-hydrogen) atoms. The summed E-state index contributed by atoms with van der Waals surface area (Å²) in [6.07, 6.45) is 4.86. The highest BCUT2D eigenvalue weighted by Crippen LogP contribution is 2.23. The maximum absolute atomic E-state index is 11.7. The molecule has 130 valence electrons. The molecule has 2 aromatic rings. The number of hydrogen-bond donors (Lipinski definition) is 0. The van der Waals surface area contributed by atoms with Crippen LogP contribution in [0.1, 0.15) is 44.6 Å². The first-order valence-electron chi connectivity index (χ1n) is 8.68. The van der Waals surface area contributed by atoms with Crippen LogP contribution in [0.4, 0.5) is 4.79 Å². The van der Waals surface area contributed by atoms with Gasteiger partial charge in [0.15, 0.2) is 0 Å². The molecule has 0 aliphatic heterocycles. The van der Waals surface area contributed by atoms with E-state index in [2.05, 4.69) is 13.0 Å². The Kier molecular flexibility index (Phi) is 7.52. The van der Waals surface area contributed by atoms with E-state index in [1.165, 1.54) is 19.3 Å². The summed E-state index contributed by atoms with van der Waals surface area (Å²) in [5.74, 6) is 0.452. The molecule has 4 nitrogen and oxygen atoms in total. The van der Waals surface area contributed by atoms with Crippen molar-refractivity contribution in [2.45, 2.75) is 39.0 Å². The minimum absolute atomic E-state index is 0.395. The lowest BCUT2D eigenvalue weighted by Gasteiger charge is -2.07. The molecule has 0 amide bonds. The van der Waals surface area contributed by atoms with Crippen LogP contribution in [0.2, 0.25) is 0 Å². The van der Waals surface area contributed by atoms with Crippen LogP contribution in [0.3, 0.4) is 0 Å². The third kappa shape index (κ3) is 6.31. The standard InChI is InChI=1S/C21H23NO3/c1-2-3-4-5-6-15-24-21(23)25-20-13-11-19(12-14-20)18-9-7-17(16-22)8-10-18/h7-14H,2-6,15H2,1H3. The number of hydrogen-bond acceptors (Lipinski definition) is 4. The van der Waals surface area contributed by atoms with Gasteiger partial charge in [-0.3, -0.25) is 0 Å². The summed E-state index contributed by atoms with van der Waals surface area (Å²) in [5.41, 5.74) is 2.61. The predicted molar refractivity (Wildman–Crippen MR) is 97.3 cm³/mol. The Hall–Kier alpha value is -2.80. The van der Waals surface area contributed by atoms with E-state index in [4.69, 9.17) is 14.7 Å². The molecule has 0 unspecified atom stereocenters. The van der Waals surface area contributed by atoms with Crippen LogP contribution in [-0.4, -0.2) is 12.8 Å². The van der Waals surface area contributed by atoms with Crippen LogP contribution < -0.4 is 4.74 Å². The van der Waals surface area contributed by atoms with Gasteiger partial charge in [-0.2, -0.15) is 5.26 Å². The van der Waals surface area contributed by atoms with Gasteiger partial charge in [0, 0.05) is 0 Å². The fourth-order valence-corrected chi connectivity index (χ4v) is 2.44. The van der Waals surface area contributed by atoms with Gasteiger partial charge in [0.1, 0.15) is 5.75 Å². The highest BCUT2D eigenvalue weighted by molar-refractivity contribution is 5.67. The molecule has 0 spiro atoms. The molecule has 2 aromatic carbocycles. The van der Waals surface area contributed by atoms with E-state index in [1.807, 2.05) is 24.3 Å². The molecule has 0 saturated heterocycles. The van der Waals surface area contributed by atoms with Gasteiger partial charge in [-0.1, -0.05) is 56.9 Å². The van der Waals surface area contributed by atoms with Crippen molar-refractivity contribution in [3.05, 3.63) is 54.1 Å². The Morgan fingerprint density at radius 3 is 2.12 bits per heavy atom. The summed E-state index contributed by atoms with van der Waals surface area (Å²) in [5, 5.41) is 8.82. The maximum atomic E-state index is 11.7. The van der Waals surface area contributed by atoms with E-state index in [-0.39, 0.29) is 0 Å². The van der Waals surface area contributed by atoms with Crippen molar-refractivity contribution in [2.75, 3.05) is 6.61 Å². The summed E-state index contributed by atoms with van der Waals surface area (Å²) in [6.45, 7) is 2.56. The van der Waals surface area contributed by atoms with Gasteiger partial charge in [0.2, 0.25) is 0 Å². The van der Waals surface area contributed by atoms with Gasteiger partial charge in [-0.25, -0.2) is 4.79 Å². The molecule has 0 bridgehead atoms. The van der Waals surface area contributed by atoms with E-state index in [0.717, 1.165) is 24.0 Å². The molecule has 0 saturated carbocycles.